The molecule has 0 fully saturated rings. The number of hydrogen-bond donors (Lipinski definition) is 2. The highest BCUT2D eigenvalue weighted by molar-refractivity contribution is 4.48. The maximum atomic E-state index is 8.78. The van der Waals surface area contributed by atoms with E-state index in [1.54, 1.807) is 0 Å². The van der Waals surface area contributed by atoms with Crippen molar-refractivity contribution in [2.45, 2.75) is 25.9 Å². The second-order valence-electron chi connectivity index (χ2n) is 2.26. The lowest BCUT2D eigenvalue weighted by atomic mass is 10.3. The molecule has 62 valence electrons. The molecular formula is C7H16O3. The molecule has 0 saturated carbocycles. The highest BCUT2D eigenvalue weighted by atomic mass is 16.5. The van der Waals surface area contributed by atoms with Crippen molar-refractivity contribution >= 4 is 0 Å². The first kappa shape index (κ1) is 9.88. The summed E-state index contributed by atoms with van der Waals surface area (Å²) in [7, 11) is 0. The maximum absolute atomic E-state index is 8.78. The molecule has 3 heteroatoms. The molecule has 0 spiro atoms. The van der Waals surface area contributed by atoms with Gasteiger partial charge in [-0.2, -0.15) is 0 Å². The summed E-state index contributed by atoms with van der Waals surface area (Å²) in [5.74, 6) is 0. The van der Waals surface area contributed by atoms with Crippen molar-refractivity contribution in [2.24, 2.45) is 0 Å². The zero-order chi connectivity index (χ0) is 7.82. The van der Waals surface area contributed by atoms with E-state index in [4.69, 9.17) is 14.9 Å². The van der Waals surface area contributed by atoms with Gasteiger partial charge >= 0.3 is 0 Å². The van der Waals surface area contributed by atoms with Crippen LogP contribution in [0.25, 0.3) is 0 Å². The standard InChI is InChI=1S/C7H16O3/c1-2-3-4-10-6-7(9)5-8/h7-9H,2-6H2,1H3. The minimum atomic E-state index is -0.711. The van der Waals surface area contributed by atoms with Gasteiger partial charge in [0.2, 0.25) is 0 Å². The van der Waals surface area contributed by atoms with Gasteiger partial charge in [-0.05, 0) is 6.42 Å². The molecular weight excluding hydrogens is 132 g/mol. The average Bonchev–Trinajstić information content (AvgIpc) is 1.98. The van der Waals surface area contributed by atoms with Gasteiger partial charge in [-0.25, -0.2) is 0 Å². The highest BCUT2D eigenvalue weighted by Crippen LogP contribution is 1.89. The van der Waals surface area contributed by atoms with Gasteiger partial charge in [0.05, 0.1) is 13.2 Å². The van der Waals surface area contributed by atoms with Crippen molar-refractivity contribution < 1.29 is 14.9 Å². The van der Waals surface area contributed by atoms with Crippen molar-refractivity contribution in [3.8, 4) is 0 Å². The quantitative estimate of drug-likeness (QED) is 0.527. The van der Waals surface area contributed by atoms with E-state index in [1.165, 1.54) is 0 Å². The predicted octanol–water partition coefficient (Wildman–Crippen LogP) is 0.156. The van der Waals surface area contributed by atoms with Crippen LogP contribution < -0.4 is 0 Å². The van der Waals surface area contributed by atoms with Crippen molar-refractivity contribution in [2.75, 3.05) is 19.8 Å². The first-order valence-electron chi connectivity index (χ1n) is 3.68. The topological polar surface area (TPSA) is 49.7 Å². The fourth-order valence-electron chi connectivity index (χ4n) is 0.518. The van der Waals surface area contributed by atoms with Gasteiger partial charge in [0, 0.05) is 6.61 Å². The first-order valence-corrected chi connectivity index (χ1v) is 3.68. The molecule has 0 aliphatic carbocycles. The third-order valence-corrected chi connectivity index (χ3v) is 1.16. The molecule has 0 radical (unpaired) electrons. The molecule has 0 rings (SSSR count). The fourth-order valence-corrected chi connectivity index (χ4v) is 0.518. The van der Waals surface area contributed by atoms with E-state index in [0.29, 0.717) is 6.61 Å². The van der Waals surface area contributed by atoms with Crippen LogP contribution in [0.3, 0.4) is 0 Å². The molecule has 0 aliphatic rings. The van der Waals surface area contributed by atoms with Crippen LogP contribution in [0.15, 0.2) is 0 Å². The van der Waals surface area contributed by atoms with Crippen LogP contribution in [0.5, 0.6) is 0 Å². The molecule has 2 N–H and O–H groups in total. The lowest BCUT2D eigenvalue weighted by Crippen LogP contribution is -2.19. The van der Waals surface area contributed by atoms with E-state index in [2.05, 4.69) is 6.92 Å². The first-order chi connectivity index (χ1) is 4.81. The average molecular weight is 148 g/mol. The minimum Gasteiger partial charge on any atom is -0.394 e. The summed E-state index contributed by atoms with van der Waals surface area (Å²) in [4.78, 5) is 0. The van der Waals surface area contributed by atoms with Crippen LogP contribution in [-0.4, -0.2) is 36.1 Å². The van der Waals surface area contributed by atoms with E-state index in [1.807, 2.05) is 0 Å². The predicted molar refractivity (Wildman–Crippen MR) is 38.8 cm³/mol. The summed E-state index contributed by atoms with van der Waals surface area (Å²) in [6, 6.07) is 0. The lowest BCUT2D eigenvalue weighted by molar-refractivity contribution is 0.00557. The Balaban J connectivity index is 2.89. The van der Waals surface area contributed by atoms with Crippen LogP contribution in [0.2, 0.25) is 0 Å². The normalized spacial score (nSPS) is 13.5. The van der Waals surface area contributed by atoms with Crippen LogP contribution in [-0.2, 0) is 4.74 Å². The van der Waals surface area contributed by atoms with Gasteiger partial charge in [0.1, 0.15) is 6.10 Å². The number of rotatable bonds is 6. The van der Waals surface area contributed by atoms with E-state index >= 15 is 0 Å². The number of aliphatic hydroxyl groups excluding tert-OH is 2. The van der Waals surface area contributed by atoms with Crippen molar-refractivity contribution in [1.82, 2.24) is 0 Å². The summed E-state index contributed by atoms with van der Waals surface area (Å²) in [6.07, 6.45) is 1.39. The lowest BCUT2D eigenvalue weighted by Gasteiger charge is -2.06. The van der Waals surface area contributed by atoms with E-state index < -0.39 is 6.10 Å². The molecule has 0 aliphatic heterocycles. The van der Waals surface area contributed by atoms with Gasteiger partial charge in [-0.15, -0.1) is 0 Å². The number of ether oxygens (including phenoxy) is 1. The second kappa shape index (κ2) is 6.99. The molecule has 0 aromatic heterocycles. The second-order valence-corrected chi connectivity index (χ2v) is 2.26. The number of hydrogen-bond acceptors (Lipinski definition) is 3. The Hall–Kier alpha value is -0.120. The summed E-state index contributed by atoms with van der Waals surface area (Å²) in [5, 5.41) is 17.1. The van der Waals surface area contributed by atoms with Gasteiger partial charge < -0.3 is 14.9 Å². The minimum absolute atomic E-state index is 0.216. The largest absolute Gasteiger partial charge is 0.394 e. The molecule has 0 amide bonds. The summed E-state index contributed by atoms with van der Waals surface area (Å²) < 4.78 is 5.02. The third-order valence-electron chi connectivity index (χ3n) is 1.16. The SMILES string of the molecule is CCCCOCC(O)CO. The van der Waals surface area contributed by atoms with Gasteiger partial charge in [-0.3, -0.25) is 0 Å². The van der Waals surface area contributed by atoms with Crippen molar-refractivity contribution in [1.29, 1.82) is 0 Å². The molecule has 1 unspecified atom stereocenters. The highest BCUT2D eigenvalue weighted by Gasteiger charge is 1.99. The van der Waals surface area contributed by atoms with Gasteiger partial charge in [0.25, 0.3) is 0 Å². The van der Waals surface area contributed by atoms with Crippen LogP contribution in [0, 0.1) is 0 Å². The van der Waals surface area contributed by atoms with Crippen LogP contribution in [0.4, 0.5) is 0 Å². The van der Waals surface area contributed by atoms with E-state index in [9.17, 15) is 0 Å². The molecule has 0 aromatic rings. The molecule has 0 bridgehead atoms. The van der Waals surface area contributed by atoms with Crippen LogP contribution in [0.1, 0.15) is 19.8 Å². The Morgan fingerprint density at radius 3 is 2.70 bits per heavy atom. The zero-order valence-corrected chi connectivity index (χ0v) is 6.42. The Morgan fingerprint density at radius 1 is 1.50 bits per heavy atom. The van der Waals surface area contributed by atoms with E-state index in [0.717, 1.165) is 12.8 Å². The summed E-state index contributed by atoms with van der Waals surface area (Å²) >= 11 is 0. The number of aliphatic hydroxyl groups is 2. The van der Waals surface area contributed by atoms with Gasteiger partial charge in [-0.1, -0.05) is 13.3 Å². The maximum Gasteiger partial charge on any atom is 0.100 e. The fraction of sp³-hybridized carbons (Fsp3) is 1.00. The van der Waals surface area contributed by atoms with E-state index in [-0.39, 0.29) is 13.2 Å². The molecule has 0 heterocycles. The van der Waals surface area contributed by atoms with Crippen LogP contribution >= 0.6 is 0 Å². The number of unbranched alkanes of at least 4 members (excludes halogenated alkanes) is 1. The van der Waals surface area contributed by atoms with Gasteiger partial charge in [0.15, 0.2) is 0 Å². The summed E-state index contributed by atoms with van der Waals surface area (Å²) in [5.41, 5.74) is 0. The summed E-state index contributed by atoms with van der Waals surface area (Å²) in [6.45, 7) is 2.78. The molecule has 0 saturated heterocycles. The third kappa shape index (κ3) is 6.01. The Kier molecular flexibility index (Phi) is 6.91. The zero-order valence-electron chi connectivity index (χ0n) is 6.42. The monoisotopic (exact) mass is 148 g/mol. The molecule has 1 atom stereocenters. The Labute approximate surface area is 61.6 Å². The Bertz CT molecular complexity index is 65.9. The molecule has 3 nitrogen and oxygen atoms in total. The Morgan fingerprint density at radius 2 is 2.20 bits per heavy atom. The van der Waals surface area contributed by atoms with Crippen molar-refractivity contribution in [3.63, 3.8) is 0 Å². The smallest absolute Gasteiger partial charge is 0.100 e. The van der Waals surface area contributed by atoms with Crippen molar-refractivity contribution in [3.05, 3.63) is 0 Å². The molecule has 10 heavy (non-hydrogen) atoms. The molecule has 0 aromatic carbocycles.